The molecular formula is C17H25BrFNO. The van der Waals surface area contributed by atoms with Gasteiger partial charge < -0.3 is 10.1 Å². The van der Waals surface area contributed by atoms with Crippen LogP contribution in [-0.4, -0.2) is 25.3 Å². The zero-order chi connectivity index (χ0) is 15.1. The molecule has 1 saturated heterocycles. The molecule has 1 fully saturated rings. The third-order valence-corrected chi connectivity index (χ3v) is 4.93. The molecule has 2 unspecified atom stereocenters. The fourth-order valence-electron chi connectivity index (χ4n) is 2.86. The Balaban J connectivity index is 1.92. The smallest absolute Gasteiger partial charge is 0.137 e. The van der Waals surface area contributed by atoms with Crippen molar-refractivity contribution in [2.75, 3.05) is 13.2 Å². The van der Waals surface area contributed by atoms with E-state index in [4.69, 9.17) is 4.74 Å². The van der Waals surface area contributed by atoms with E-state index >= 15 is 0 Å². The quantitative estimate of drug-likeness (QED) is 0.741. The number of halogens is 2. The van der Waals surface area contributed by atoms with Crippen molar-refractivity contribution in [3.63, 3.8) is 0 Å². The van der Waals surface area contributed by atoms with Gasteiger partial charge in [-0.15, -0.1) is 0 Å². The second-order valence-electron chi connectivity index (χ2n) is 5.78. The summed E-state index contributed by atoms with van der Waals surface area (Å²) in [7, 11) is 0. The lowest BCUT2D eigenvalue weighted by Gasteiger charge is -2.21. The Hall–Kier alpha value is -0.450. The first-order valence-electron chi connectivity index (χ1n) is 7.98. The number of rotatable bonds is 8. The fourth-order valence-corrected chi connectivity index (χ4v) is 3.28. The zero-order valence-corrected chi connectivity index (χ0v) is 14.3. The largest absolute Gasteiger partial charge is 0.378 e. The second-order valence-corrected chi connectivity index (χ2v) is 6.57. The lowest BCUT2D eigenvalue weighted by Crippen LogP contribution is -2.33. The maximum atomic E-state index is 13.6. The van der Waals surface area contributed by atoms with E-state index in [1.165, 1.54) is 18.9 Å². The van der Waals surface area contributed by atoms with Crippen molar-refractivity contribution >= 4 is 15.9 Å². The Morgan fingerprint density at radius 1 is 1.48 bits per heavy atom. The van der Waals surface area contributed by atoms with Gasteiger partial charge in [-0.2, -0.15) is 0 Å². The standard InChI is InChI=1S/C17H25BrFNO/c1-2-10-20-14(8-9-15-6-4-11-21-15)12-13-5-3-7-16(19)17(13)18/h3,5,7,14-15,20H,2,4,6,8-12H2,1H3. The second kappa shape index (κ2) is 8.86. The highest BCUT2D eigenvalue weighted by Crippen LogP contribution is 2.24. The fraction of sp³-hybridized carbons (Fsp3) is 0.647. The Kier molecular flexibility index (Phi) is 7.14. The van der Waals surface area contributed by atoms with E-state index in [0.29, 0.717) is 16.6 Å². The predicted molar refractivity (Wildman–Crippen MR) is 88.1 cm³/mol. The Morgan fingerprint density at radius 3 is 3.05 bits per heavy atom. The van der Waals surface area contributed by atoms with Gasteiger partial charge in [-0.1, -0.05) is 19.1 Å². The summed E-state index contributed by atoms with van der Waals surface area (Å²) < 4.78 is 19.9. The molecule has 1 aromatic carbocycles. The molecule has 0 radical (unpaired) electrons. The van der Waals surface area contributed by atoms with E-state index in [1.54, 1.807) is 6.07 Å². The van der Waals surface area contributed by atoms with Crippen molar-refractivity contribution < 1.29 is 9.13 Å². The minimum Gasteiger partial charge on any atom is -0.378 e. The number of hydrogen-bond donors (Lipinski definition) is 1. The molecule has 1 heterocycles. The SMILES string of the molecule is CCCNC(CCC1CCCO1)Cc1cccc(F)c1Br. The van der Waals surface area contributed by atoms with Crippen molar-refractivity contribution in [3.05, 3.63) is 34.1 Å². The Bertz CT molecular complexity index is 435. The summed E-state index contributed by atoms with van der Waals surface area (Å²) in [6, 6.07) is 5.66. The normalized spacial score (nSPS) is 19.9. The number of hydrogen-bond acceptors (Lipinski definition) is 2. The van der Waals surface area contributed by atoms with Crippen LogP contribution in [-0.2, 0) is 11.2 Å². The van der Waals surface area contributed by atoms with E-state index in [1.807, 2.05) is 6.07 Å². The van der Waals surface area contributed by atoms with E-state index < -0.39 is 0 Å². The Morgan fingerprint density at radius 2 is 2.33 bits per heavy atom. The topological polar surface area (TPSA) is 21.3 Å². The van der Waals surface area contributed by atoms with Crippen LogP contribution in [0.4, 0.5) is 4.39 Å². The van der Waals surface area contributed by atoms with Crippen molar-refractivity contribution in [2.24, 2.45) is 0 Å². The molecule has 2 rings (SSSR count). The van der Waals surface area contributed by atoms with Crippen LogP contribution in [0.25, 0.3) is 0 Å². The van der Waals surface area contributed by atoms with Gasteiger partial charge in [-0.25, -0.2) is 4.39 Å². The van der Waals surface area contributed by atoms with Crippen LogP contribution in [0.5, 0.6) is 0 Å². The highest BCUT2D eigenvalue weighted by Gasteiger charge is 2.19. The van der Waals surface area contributed by atoms with Crippen LogP contribution in [0.15, 0.2) is 22.7 Å². The number of nitrogens with one attached hydrogen (secondary N) is 1. The lowest BCUT2D eigenvalue weighted by molar-refractivity contribution is 0.0995. The maximum absolute atomic E-state index is 13.6. The van der Waals surface area contributed by atoms with Crippen molar-refractivity contribution in [3.8, 4) is 0 Å². The highest BCUT2D eigenvalue weighted by atomic mass is 79.9. The summed E-state index contributed by atoms with van der Waals surface area (Å²) in [6.07, 6.45) is 6.93. The van der Waals surface area contributed by atoms with Gasteiger partial charge in [0.05, 0.1) is 10.6 Å². The van der Waals surface area contributed by atoms with Crippen molar-refractivity contribution in [1.82, 2.24) is 5.32 Å². The van der Waals surface area contributed by atoms with Crippen molar-refractivity contribution in [1.29, 1.82) is 0 Å². The molecule has 1 aliphatic heterocycles. The van der Waals surface area contributed by atoms with Gasteiger partial charge >= 0.3 is 0 Å². The van der Waals surface area contributed by atoms with Crippen LogP contribution in [0.3, 0.4) is 0 Å². The van der Waals surface area contributed by atoms with E-state index in [-0.39, 0.29) is 5.82 Å². The molecule has 0 spiro atoms. The molecule has 1 aliphatic rings. The minimum atomic E-state index is -0.180. The third-order valence-electron chi connectivity index (χ3n) is 4.04. The van der Waals surface area contributed by atoms with Crippen LogP contribution in [0, 0.1) is 5.82 Å². The van der Waals surface area contributed by atoms with Crippen LogP contribution in [0.2, 0.25) is 0 Å². The molecule has 0 aromatic heterocycles. The molecule has 21 heavy (non-hydrogen) atoms. The number of benzene rings is 1. The molecule has 0 aliphatic carbocycles. The summed E-state index contributed by atoms with van der Waals surface area (Å²) in [5.41, 5.74) is 1.04. The van der Waals surface area contributed by atoms with Crippen LogP contribution >= 0.6 is 15.9 Å². The zero-order valence-electron chi connectivity index (χ0n) is 12.7. The molecule has 2 atom stereocenters. The van der Waals surface area contributed by atoms with Gasteiger partial charge in [0, 0.05) is 12.6 Å². The summed E-state index contributed by atoms with van der Waals surface area (Å²) in [6.45, 7) is 4.08. The molecular weight excluding hydrogens is 333 g/mol. The van der Waals surface area contributed by atoms with E-state index in [2.05, 4.69) is 28.2 Å². The third kappa shape index (κ3) is 5.35. The molecule has 2 nitrogen and oxygen atoms in total. The average Bonchev–Trinajstić information content (AvgIpc) is 2.99. The monoisotopic (exact) mass is 357 g/mol. The van der Waals surface area contributed by atoms with Crippen LogP contribution in [0.1, 0.15) is 44.6 Å². The van der Waals surface area contributed by atoms with Gasteiger partial charge in [-0.05, 0) is 72.6 Å². The Labute approximate surface area is 135 Å². The molecule has 118 valence electrons. The lowest BCUT2D eigenvalue weighted by atomic mass is 9.99. The van der Waals surface area contributed by atoms with Gasteiger partial charge in [0.2, 0.25) is 0 Å². The van der Waals surface area contributed by atoms with Gasteiger partial charge in [0.25, 0.3) is 0 Å². The molecule has 0 amide bonds. The highest BCUT2D eigenvalue weighted by molar-refractivity contribution is 9.10. The van der Waals surface area contributed by atoms with Gasteiger partial charge in [-0.3, -0.25) is 0 Å². The first-order chi connectivity index (χ1) is 10.2. The van der Waals surface area contributed by atoms with Gasteiger partial charge in [0.1, 0.15) is 5.82 Å². The average molecular weight is 358 g/mol. The van der Waals surface area contributed by atoms with E-state index in [9.17, 15) is 4.39 Å². The van der Waals surface area contributed by atoms with Gasteiger partial charge in [0.15, 0.2) is 0 Å². The molecule has 0 saturated carbocycles. The summed E-state index contributed by atoms with van der Waals surface area (Å²) in [5.74, 6) is -0.180. The predicted octanol–water partition coefficient (Wildman–Crippen LogP) is 4.46. The summed E-state index contributed by atoms with van der Waals surface area (Å²) >= 11 is 3.37. The molecule has 1 N–H and O–H groups in total. The first-order valence-corrected chi connectivity index (χ1v) is 8.78. The number of ether oxygens (including phenoxy) is 1. The minimum absolute atomic E-state index is 0.180. The van der Waals surface area contributed by atoms with Crippen LogP contribution < -0.4 is 5.32 Å². The molecule has 0 bridgehead atoms. The maximum Gasteiger partial charge on any atom is 0.137 e. The summed E-state index contributed by atoms with van der Waals surface area (Å²) in [4.78, 5) is 0. The van der Waals surface area contributed by atoms with E-state index in [0.717, 1.165) is 44.4 Å². The molecule has 1 aromatic rings. The first kappa shape index (κ1) is 16.9. The molecule has 4 heteroatoms. The summed E-state index contributed by atoms with van der Waals surface area (Å²) in [5, 5.41) is 3.59. The van der Waals surface area contributed by atoms with Crippen molar-refractivity contribution in [2.45, 2.75) is 57.6 Å².